The van der Waals surface area contributed by atoms with Gasteiger partial charge in [0.15, 0.2) is 0 Å². The first-order valence-electron chi connectivity index (χ1n) is 9.48. The second kappa shape index (κ2) is 8.59. The molecular weight excluding hydrogens is 406 g/mol. The number of ether oxygens (including phenoxy) is 1. The lowest BCUT2D eigenvalue weighted by molar-refractivity contribution is -0.120. The van der Waals surface area contributed by atoms with E-state index in [9.17, 15) is 9.59 Å². The van der Waals surface area contributed by atoms with Gasteiger partial charge in [0.05, 0.1) is 12.8 Å². The Labute approximate surface area is 178 Å². The number of methoxy groups -OCH3 is 1. The Morgan fingerprint density at radius 3 is 2.77 bits per heavy atom. The van der Waals surface area contributed by atoms with Gasteiger partial charge in [0.2, 0.25) is 11.7 Å². The van der Waals surface area contributed by atoms with Crippen LogP contribution in [0.5, 0.6) is 5.75 Å². The first-order valence-corrected chi connectivity index (χ1v) is 9.85. The van der Waals surface area contributed by atoms with Gasteiger partial charge >= 0.3 is 0 Å². The van der Waals surface area contributed by atoms with Crippen molar-refractivity contribution in [3.8, 4) is 5.75 Å². The van der Waals surface area contributed by atoms with Gasteiger partial charge in [-0.05, 0) is 23.8 Å². The zero-order chi connectivity index (χ0) is 21.1. The van der Waals surface area contributed by atoms with Gasteiger partial charge in [0, 0.05) is 42.4 Å². The molecule has 0 atom stereocenters. The molecule has 0 aliphatic carbocycles. The number of hydrogen-bond donors (Lipinski definition) is 0. The summed E-state index contributed by atoms with van der Waals surface area (Å²) in [6.45, 7) is 0.747. The second-order valence-corrected chi connectivity index (χ2v) is 7.33. The zero-order valence-electron chi connectivity index (χ0n) is 16.4. The fraction of sp³-hybridized carbons (Fsp3) is 0.227. The predicted octanol–water partition coefficient (Wildman–Crippen LogP) is 3.42. The Hall–Kier alpha value is -3.32. The van der Waals surface area contributed by atoms with E-state index in [1.54, 1.807) is 30.2 Å². The Balaban J connectivity index is 1.42. The number of rotatable bonds is 5. The van der Waals surface area contributed by atoms with E-state index in [2.05, 4.69) is 5.16 Å². The van der Waals surface area contributed by atoms with Gasteiger partial charge in [0.1, 0.15) is 12.3 Å². The number of carbonyl (C=O) groups is 2. The lowest BCUT2D eigenvalue weighted by atomic mass is 10.1. The number of halogens is 1. The van der Waals surface area contributed by atoms with Crippen LogP contribution in [-0.4, -0.2) is 48.6 Å². The Morgan fingerprint density at radius 1 is 1.17 bits per heavy atom. The highest BCUT2D eigenvalue weighted by molar-refractivity contribution is 6.31. The number of hydrogen-bond acceptors (Lipinski definition) is 5. The summed E-state index contributed by atoms with van der Waals surface area (Å²) in [7, 11) is 1.58. The fourth-order valence-corrected chi connectivity index (χ4v) is 3.59. The highest BCUT2D eigenvalue weighted by Crippen LogP contribution is 2.24. The molecule has 0 unspecified atom stereocenters. The first kappa shape index (κ1) is 20.0. The summed E-state index contributed by atoms with van der Waals surface area (Å²) < 4.78 is 10.5. The van der Waals surface area contributed by atoms with Gasteiger partial charge in [-0.15, -0.1) is 0 Å². The Kier molecular flexibility index (Phi) is 5.72. The van der Waals surface area contributed by atoms with Gasteiger partial charge in [-0.25, -0.2) is 0 Å². The van der Waals surface area contributed by atoms with Crippen LogP contribution in [0.3, 0.4) is 0 Å². The number of piperazine rings is 1. The molecule has 2 aromatic carbocycles. The van der Waals surface area contributed by atoms with Gasteiger partial charge in [-0.2, -0.15) is 0 Å². The smallest absolute Gasteiger partial charge is 0.293 e. The number of nitrogens with zero attached hydrogens (tertiary/aromatic N) is 3. The standard InChI is InChI=1S/C22H20ClN3O4/c1-29-18-7-4-6-17(13-18)26-10-9-25(14-21(26)27)22(28)20-12-16(24-30-20)11-15-5-2-3-8-19(15)23/h2-8,12-13H,9-11,14H2,1H3. The molecule has 1 aliphatic heterocycles. The molecule has 154 valence electrons. The van der Waals surface area contributed by atoms with Crippen molar-refractivity contribution < 1.29 is 18.8 Å². The van der Waals surface area contributed by atoms with Crippen LogP contribution in [0.25, 0.3) is 0 Å². The molecule has 8 heteroatoms. The van der Waals surface area contributed by atoms with E-state index in [-0.39, 0.29) is 24.1 Å². The molecule has 4 rings (SSSR count). The Bertz CT molecular complexity index is 1080. The number of aromatic nitrogens is 1. The molecule has 0 N–H and O–H groups in total. The minimum atomic E-state index is -0.355. The third-order valence-electron chi connectivity index (χ3n) is 4.97. The summed E-state index contributed by atoms with van der Waals surface area (Å²) in [6.07, 6.45) is 0.457. The number of carbonyl (C=O) groups excluding carboxylic acids is 2. The van der Waals surface area contributed by atoms with Crippen molar-refractivity contribution in [2.75, 3.05) is 31.6 Å². The van der Waals surface area contributed by atoms with E-state index < -0.39 is 0 Å². The molecule has 30 heavy (non-hydrogen) atoms. The third kappa shape index (κ3) is 4.16. The number of anilines is 1. The maximum absolute atomic E-state index is 12.8. The van der Waals surface area contributed by atoms with E-state index in [0.29, 0.717) is 36.0 Å². The van der Waals surface area contributed by atoms with Crippen molar-refractivity contribution in [2.45, 2.75) is 6.42 Å². The molecule has 0 radical (unpaired) electrons. The number of benzene rings is 2. The molecule has 1 fully saturated rings. The van der Waals surface area contributed by atoms with Crippen molar-refractivity contribution >= 4 is 29.1 Å². The highest BCUT2D eigenvalue weighted by Gasteiger charge is 2.30. The summed E-state index contributed by atoms with van der Waals surface area (Å²) in [5, 5.41) is 4.61. The van der Waals surface area contributed by atoms with Crippen molar-refractivity contribution in [2.24, 2.45) is 0 Å². The van der Waals surface area contributed by atoms with E-state index in [1.807, 2.05) is 36.4 Å². The lowest BCUT2D eigenvalue weighted by Gasteiger charge is -2.33. The topological polar surface area (TPSA) is 75.9 Å². The minimum absolute atomic E-state index is 0.0312. The molecule has 1 aliphatic rings. The van der Waals surface area contributed by atoms with Crippen LogP contribution in [0.4, 0.5) is 5.69 Å². The minimum Gasteiger partial charge on any atom is -0.497 e. The van der Waals surface area contributed by atoms with Crippen molar-refractivity contribution in [1.82, 2.24) is 10.1 Å². The maximum Gasteiger partial charge on any atom is 0.293 e. The highest BCUT2D eigenvalue weighted by atomic mass is 35.5. The summed E-state index contributed by atoms with van der Waals surface area (Å²) >= 11 is 6.18. The molecule has 3 aromatic rings. The average Bonchev–Trinajstić information content (AvgIpc) is 3.23. The quantitative estimate of drug-likeness (QED) is 0.626. The van der Waals surface area contributed by atoms with Crippen LogP contribution in [-0.2, 0) is 11.2 Å². The summed E-state index contributed by atoms with van der Waals surface area (Å²) in [5.74, 6) is 0.261. The zero-order valence-corrected chi connectivity index (χ0v) is 17.1. The first-order chi connectivity index (χ1) is 14.5. The molecule has 1 saturated heterocycles. The third-order valence-corrected chi connectivity index (χ3v) is 5.34. The molecule has 7 nitrogen and oxygen atoms in total. The Morgan fingerprint density at radius 2 is 2.00 bits per heavy atom. The van der Waals surface area contributed by atoms with Gasteiger partial charge in [-0.3, -0.25) is 9.59 Å². The molecule has 2 heterocycles. The van der Waals surface area contributed by atoms with Gasteiger partial charge in [-0.1, -0.05) is 41.0 Å². The normalized spacial score (nSPS) is 14.1. The van der Waals surface area contributed by atoms with E-state index in [1.165, 1.54) is 4.90 Å². The lowest BCUT2D eigenvalue weighted by Crippen LogP contribution is -2.52. The number of amides is 2. The van der Waals surface area contributed by atoms with E-state index >= 15 is 0 Å². The van der Waals surface area contributed by atoms with E-state index in [4.69, 9.17) is 20.9 Å². The summed E-state index contributed by atoms with van der Waals surface area (Å²) in [4.78, 5) is 28.6. The second-order valence-electron chi connectivity index (χ2n) is 6.92. The van der Waals surface area contributed by atoms with Crippen LogP contribution in [0.1, 0.15) is 21.8 Å². The molecule has 0 spiro atoms. The molecule has 2 amide bonds. The fourth-order valence-electron chi connectivity index (χ4n) is 3.39. The SMILES string of the molecule is COc1cccc(N2CCN(C(=O)c3cc(Cc4ccccc4Cl)no3)CC2=O)c1. The molecule has 0 saturated carbocycles. The summed E-state index contributed by atoms with van der Waals surface area (Å²) in [6, 6.07) is 16.3. The van der Waals surface area contributed by atoms with Crippen molar-refractivity contribution in [3.63, 3.8) is 0 Å². The van der Waals surface area contributed by atoms with Crippen LogP contribution in [0.2, 0.25) is 5.02 Å². The van der Waals surface area contributed by atoms with E-state index in [0.717, 1.165) is 11.3 Å². The van der Waals surface area contributed by atoms with Crippen molar-refractivity contribution in [3.05, 3.63) is 76.6 Å². The van der Waals surface area contributed by atoms with Crippen LogP contribution in [0.15, 0.2) is 59.1 Å². The molecular formula is C22H20ClN3O4. The largest absolute Gasteiger partial charge is 0.497 e. The van der Waals surface area contributed by atoms with Crippen molar-refractivity contribution in [1.29, 1.82) is 0 Å². The molecule has 1 aromatic heterocycles. The monoisotopic (exact) mass is 425 g/mol. The predicted molar refractivity (Wildman–Crippen MR) is 112 cm³/mol. The van der Waals surface area contributed by atoms with Crippen LogP contribution in [0, 0.1) is 0 Å². The van der Waals surface area contributed by atoms with Crippen LogP contribution >= 0.6 is 11.6 Å². The summed E-state index contributed by atoms with van der Waals surface area (Å²) in [5.41, 5.74) is 2.24. The van der Waals surface area contributed by atoms with Gasteiger partial charge in [0.25, 0.3) is 5.91 Å². The average molecular weight is 426 g/mol. The molecule has 0 bridgehead atoms. The van der Waals surface area contributed by atoms with Crippen LogP contribution < -0.4 is 9.64 Å². The maximum atomic E-state index is 12.8. The van der Waals surface area contributed by atoms with Gasteiger partial charge < -0.3 is 19.1 Å².